The van der Waals surface area contributed by atoms with Gasteiger partial charge in [0.05, 0.1) is 23.8 Å². The fourth-order valence-corrected chi connectivity index (χ4v) is 5.04. The maximum Gasteiger partial charge on any atom is 0.265 e. The number of amides is 1. The Hall–Kier alpha value is -3.47. The fourth-order valence-electron chi connectivity index (χ4n) is 3.60. The Morgan fingerprint density at radius 2 is 1.75 bits per heavy atom. The van der Waals surface area contributed by atoms with Gasteiger partial charge in [-0.05, 0) is 74.0 Å². The van der Waals surface area contributed by atoms with Crippen molar-refractivity contribution in [2.45, 2.75) is 24.8 Å². The lowest BCUT2D eigenvalue weighted by atomic mass is 10.2. The number of hydrogen-bond donors (Lipinski definition) is 1. The number of morpholine rings is 1. The van der Waals surface area contributed by atoms with Gasteiger partial charge in [-0.2, -0.15) is 4.31 Å². The molecule has 0 aliphatic carbocycles. The van der Waals surface area contributed by atoms with E-state index < -0.39 is 27.9 Å². The van der Waals surface area contributed by atoms with E-state index in [1.807, 2.05) is 25.1 Å². The Bertz CT molecular complexity index is 1320. The SMILES string of the molecule is Cc1cccc(OC(C)C(=O)Nc2cc(S(=O)(=O)N3CCOCC3)ccc2Oc2ccc(F)cc2)c1. The van der Waals surface area contributed by atoms with Gasteiger partial charge >= 0.3 is 0 Å². The van der Waals surface area contributed by atoms with Crippen molar-refractivity contribution in [2.24, 2.45) is 0 Å². The second-order valence-electron chi connectivity index (χ2n) is 8.30. The average molecular weight is 515 g/mol. The highest BCUT2D eigenvalue weighted by molar-refractivity contribution is 7.89. The molecule has 0 saturated carbocycles. The number of sulfonamides is 1. The van der Waals surface area contributed by atoms with E-state index in [1.54, 1.807) is 13.0 Å². The topological polar surface area (TPSA) is 94.2 Å². The number of nitrogens with zero attached hydrogens (tertiary/aromatic N) is 1. The van der Waals surface area contributed by atoms with E-state index in [4.69, 9.17) is 14.2 Å². The van der Waals surface area contributed by atoms with E-state index in [0.717, 1.165) is 5.56 Å². The quantitative estimate of drug-likeness (QED) is 0.480. The molecule has 8 nitrogen and oxygen atoms in total. The summed E-state index contributed by atoms with van der Waals surface area (Å²) in [7, 11) is -3.82. The summed E-state index contributed by atoms with van der Waals surface area (Å²) in [6.45, 7) is 4.59. The summed E-state index contributed by atoms with van der Waals surface area (Å²) < 4.78 is 57.9. The highest BCUT2D eigenvalue weighted by Gasteiger charge is 2.28. The first kappa shape index (κ1) is 25.6. The molecule has 1 saturated heterocycles. The number of benzene rings is 3. The molecule has 3 aromatic carbocycles. The van der Waals surface area contributed by atoms with Gasteiger partial charge in [-0.3, -0.25) is 4.79 Å². The van der Waals surface area contributed by atoms with Crippen LogP contribution in [0, 0.1) is 12.7 Å². The molecule has 0 radical (unpaired) electrons. The van der Waals surface area contributed by atoms with E-state index >= 15 is 0 Å². The third-order valence-corrected chi connectivity index (χ3v) is 7.42. The number of ether oxygens (including phenoxy) is 3. The Balaban J connectivity index is 1.61. The van der Waals surface area contributed by atoms with Crippen LogP contribution in [0.1, 0.15) is 12.5 Å². The van der Waals surface area contributed by atoms with Crippen LogP contribution in [0.3, 0.4) is 0 Å². The lowest BCUT2D eigenvalue weighted by Gasteiger charge is -2.26. The smallest absolute Gasteiger partial charge is 0.265 e. The summed E-state index contributed by atoms with van der Waals surface area (Å²) in [5.74, 6) is 0.119. The van der Waals surface area contributed by atoms with Crippen molar-refractivity contribution in [1.29, 1.82) is 0 Å². The highest BCUT2D eigenvalue weighted by atomic mass is 32.2. The van der Waals surface area contributed by atoms with E-state index in [0.29, 0.717) is 24.7 Å². The Labute approximate surface area is 209 Å². The molecule has 3 aromatic rings. The standard InChI is InChI=1S/C26H27FN2O6S/c1-18-4-3-5-22(16-18)34-19(2)26(30)28-24-17-23(36(31,32)29-12-14-33-15-13-29)10-11-25(24)35-21-8-6-20(27)7-9-21/h3-11,16-17,19H,12-15H2,1-2H3,(H,28,30). The number of aryl methyl sites for hydroxylation is 1. The second-order valence-corrected chi connectivity index (χ2v) is 10.2. The maximum atomic E-state index is 13.3. The van der Waals surface area contributed by atoms with Crippen LogP contribution in [-0.4, -0.2) is 51.0 Å². The lowest BCUT2D eigenvalue weighted by Crippen LogP contribution is -2.40. The summed E-state index contributed by atoms with van der Waals surface area (Å²) >= 11 is 0. The van der Waals surface area contributed by atoms with Gasteiger partial charge in [0.25, 0.3) is 5.91 Å². The molecule has 0 aromatic heterocycles. The van der Waals surface area contributed by atoms with Crippen LogP contribution in [-0.2, 0) is 19.6 Å². The van der Waals surface area contributed by atoms with Crippen molar-refractivity contribution in [3.05, 3.63) is 78.1 Å². The molecule has 4 rings (SSSR count). The van der Waals surface area contributed by atoms with Crippen molar-refractivity contribution >= 4 is 21.6 Å². The van der Waals surface area contributed by atoms with Crippen molar-refractivity contribution < 1.29 is 31.8 Å². The summed E-state index contributed by atoms with van der Waals surface area (Å²) in [5, 5.41) is 2.72. The Kier molecular flexibility index (Phi) is 7.88. The molecule has 1 aliphatic rings. The minimum atomic E-state index is -3.82. The second kappa shape index (κ2) is 11.1. The third kappa shape index (κ3) is 6.20. The molecular formula is C26H27FN2O6S. The van der Waals surface area contributed by atoms with Crippen molar-refractivity contribution in [3.63, 3.8) is 0 Å². The number of carbonyl (C=O) groups is 1. The molecule has 1 unspecified atom stereocenters. The zero-order chi connectivity index (χ0) is 25.7. The minimum absolute atomic E-state index is 0.00147. The van der Waals surface area contributed by atoms with Gasteiger partial charge in [0, 0.05) is 13.1 Å². The van der Waals surface area contributed by atoms with Gasteiger partial charge in [-0.1, -0.05) is 12.1 Å². The number of carbonyl (C=O) groups excluding carboxylic acids is 1. The van der Waals surface area contributed by atoms with Crippen LogP contribution in [0.4, 0.5) is 10.1 Å². The number of nitrogens with one attached hydrogen (secondary N) is 1. The van der Waals surface area contributed by atoms with Gasteiger partial charge in [0.2, 0.25) is 10.0 Å². The number of anilines is 1. The van der Waals surface area contributed by atoms with Crippen LogP contribution in [0.15, 0.2) is 71.6 Å². The third-order valence-electron chi connectivity index (χ3n) is 5.53. The zero-order valence-electron chi connectivity index (χ0n) is 19.9. The number of rotatable bonds is 8. The molecular weight excluding hydrogens is 487 g/mol. The van der Waals surface area contributed by atoms with Crippen molar-refractivity contribution in [3.8, 4) is 17.2 Å². The van der Waals surface area contributed by atoms with E-state index in [1.165, 1.54) is 46.8 Å². The predicted octanol–water partition coefficient (Wildman–Crippen LogP) is 4.35. The Morgan fingerprint density at radius 3 is 2.44 bits per heavy atom. The van der Waals surface area contributed by atoms with Crippen molar-refractivity contribution in [1.82, 2.24) is 4.31 Å². The molecule has 1 heterocycles. The van der Waals surface area contributed by atoms with Crippen LogP contribution in [0.25, 0.3) is 0 Å². The molecule has 10 heteroatoms. The van der Waals surface area contributed by atoms with Crippen LogP contribution >= 0.6 is 0 Å². The molecule has 1 N–H and O–H groups in total. The molecule has 1 fully saturated rings. The maximum absolute atomic E-state index is 13.3. The molecule has 190 valence electrons. The number of hydrogen-bond acceptors (Lipinski definition) is 6. The van der Waals surface area contributed by atoms with Crippen LogP contribution in [0.2, 0.25) is 0 Å². The molecule has 0 spiro atoms. The zero-order valence-corrected chi connectivity index (χ0v) is 20.8. The van der Waals surface area contributed by atoms with E-state index in [2.05, 4.69) is 5.32 Å². The normalized spacial score (nSPS) is 15.2. The summed E-state index contributed by atoms with van der Waals surface area (Å²) in [4.78, 5) is 13.0. The molecule has 0 bridgehead atoms. The first-order valence-corrected chi connectivity index (χ1v) is 12.9. The van der Waals surface area contributed by atoms with Gasteiger partial charge in [0.1, 0.15) is 17.3 Å². The summed E-state index contributed by atoms with van der Waals surface area (Å²) in [6.07, 6.45) is -0.884. The molecule has 1 aliphatic heterocycles. The van der Waals surface area contributed by atoms with Crippen LogP contribution < -0.4 is 14.8 Å². The predicted molar refractivity (Wildman–Crippen MR) is 132 cm³/mol. The van der Waals surface area contributed by atoms with Gasteiger partial charge in [0.15, 0.2) is 11.9 Å². The largest absolute Gasteiger partial charge is 0.481 e. The lowest BCUT2D eigenvalue weighted by molar-refractivity contribution is -0.122. The van der Waals surface area contributed by atoms with Crippen molar-refractivity contribution in [2.75, 3.05) is 31.6 Å². The first-order chi connectivity index (χ1) is 17.2. The van der Waals surface area contributed by atoms with Gasteiger partial charge in [-0.15, -0.1) is 0 Å². The summed E-state index contributed by atoms with van der Waals surface area (Å²) in [6, 6.07) is 16.8. The molecule has 1 amide bonds. The van der Waals surface area contributed by atoms with Gasteiger partial charge in [-0.25, -0.2) is 12.8 Å². The Morgan fingerprint density at radius 1 is 1.03 bits per heavy atom. The highest BCUT2D eigenvalue weighted by Crippen LogP contribution is 2.33. The first-order valence-electron chi connectivity index (χ1n) is 11.4. The molecule has 36 heavy (non-hydrogen) atoms. The van der Waals surface area contributed by atoms with Crippen LogP contribution in [0.5, 0.6) is 17.2 Å². The van der Waals surface area contributed by atoms with Gasteiger partial charge < -0.3 is 19.5 Å². The molecule has 1 atom stereocenters. The van der Waals surface area contributed by atoms with E-state index in [9.17, 15) is 17.6 Å². The average Bonchev–Trinajstić information content (AvgIpc) is 2.87. The number of halogens is 1. The fraction of sp³-hybridized carbons (Fsp3) is 0.269. The summed E-state index contributed by atoms with van der Waals surface area (Å²) in [5.41, 5.74) is 1.12. The van der Waals surface area contributed by atoms with E-state index in [-0.39, 0.29) is 29.4 Å². The monoisotopic (exact) mass is 514 g/mol. The minimum Gasteiger partial charge on any atom is -0.481 e.